The largest absolute Gasteiger partial charge is 0.348 e. The zero-order chi connectivity index (χ0) is 10.8. The molecular formula is C8H13N5OS. The highest BCUT2D eigenvalue weighted by atomic mass is 32.2. The fourth-order valence-electron chi connectivity index (χ4n) is 1.08. The molecule has 1 fully saturated rings. The summed E-state index contributed by atoms with van der Waals surface area (Å²) in [7, 11) is 3.49. The van der Waals surface area contributed by atoms with E-state index in [1.54, 1.807) is 19.0 Å². The molecule has 0 N–H and O–H groups in total. The van der Waals surface area contributed by atoms with Gasteiger partial charge in [0.25, 0.3) is 0 Å². The van der Waals surface area contributed by atoms with Crippen molar-refractivity contribution in [2.75, 3.05) is 19.8 Å². The Labute approximate surface area is 92.0 Å². The van der Waals surface area contributed by atoms with E-state index in [1.165, 1.54) is 11.8 Å². The van der Waals surface area contributed by atoms with Crippen LogP contribution in [0, 0.1) is 0 Å². The van der Waals surface area contributed by atoms with Crippen LogP contribution >= 0.6 is 11.8 Å². The van der Waals surface area contributed by atoms with E-state index in [9.17, 15) is 4.79 Å². The number of nitrogens with zero attached hydrogens (tertiary/aromatic N) is 5. The molecule has 15 heavy (non-hydrogen) atoms. The fraction of sp³-hybridized carbons (Fsp3) is 0.750. The van der Waals surface area contributed by atoms with Gasteiger partial charge in [-0.1, -0.05) is 11.8 Å². The Balaban J connectivity index is 1.93. The maximum absolute atomic E-state index is 11.4. The lowest BCUT2D eigenvalue weighted by Crippen LogP contribution is -2.23. The molecule has 1 aliphatic rings. The Kier molecular flexibility index (Phi) is 2.90. The lowest BCUT2D eigenvalue weighted by Gasteiger charge is -2.08. The smallest absolute Gasteiger partial charge is 0.232 e. The second kappa shape index (κ2) is 4.18. The summed E-state index contributed by atoms with van der Waals surface area (Å²) >= 11 is 1.39. The molecule has 2 rings (SSSR count). The van der Waals surface area contributed by atoms with Gasteiger partial charge in [0.2, 0.25) is 11.1 Å². The van der Waals surface area contributed by atoms with Crippen LogP contribution in [0.2, 0.25) is 0 Å². The maximum Gasteiger partial charge on any atom is 0.232 e. The van der Waals surface area contributed by atoms with Gasteiger partial charge >= 0.3 is 0 Å². The summed E-state index contributed by atoms with van der Waals surface area (Å²) in [5.41, 5.74) is 0. The topological polar surface area (TPSA) is 63.9 Å². The molecule has 0 aliphatic heterocycles. The van der Waals surface area contributed by atoms with Crippen molar-refractivity contribution in [2.45, 2.75) is 24.0 Å². The Bertz CT molecular complexity index is 360. The van der Waals surface area contributed by atoms with Gasteiger partial charge in [-0.25, -0.2) is 4.68 Å². The molecule has 6 nitrogen and oxygen atoms in total. The van der Waals surface area contributed by atoms with Crippen molar-refractivity contribution in [3.8, 4) is 0 Å². The number of carbonyl (C=O) groups excluding carboxylic acids is 1. The minimum Gasteiger partial charge on any atom is -0.348 e. The third-order valence-electron chi connectivity index (χ3n) is 2.18. The van der Waals surface area contributed by atoms with Gasteiger partial charge in [0.15, 0.2) is 0 Å². The average molecular weight is 227 g/mol. The first-order valence-electron chi connectivity index (χ1n) is 4.79. The predicted octanol–water partition coefficient (Wildman–Crippen LogP) is 0.188. The first-order valence-corrected chi connectivity index (χ1v) is 5.78. The first kappa shape index (κ1) is 10.4. The Morgan fingerprint density at radius 3 is 2.93 bits per heavy atom. The van der Waals surface area contributed by atoms with Crippen LogP contribution in [-0.4, -0.2) is 50.9 Å². The second-order valence-corrected chi connectivity index (χ2v) is 4.66. The van der Waals surface area contributed by atoms with Crippen LogP contribution < -0.4 is 0 Å². The van der Waals surface area contributed by atoms with Crippen molar-refractivity contribution in [2.24, 2.45) is 0 Å². The Hall–Kier alpha value is -1.11. The molecule has 0 radical (unpaired) electrons. The highest BCUT2D eigenvalue weighted by Crippen LogP contribution is 2.36. The number of rotatable bonds is 4. The van der Waals surface area contributed by atoms with E-state index in [2.05, 4.69) is 15.5 Å². The molecule has 0 saturated heterocycles. The van der Waals surface area contributed by atoms with Crippen LogP contribution in [-0.2, 0) is 4.79 Å². The molecular weight excluding hydrogens is 214 g/mol. The van der Waals surface area contributed by atoms with Gasteiger partial charge in [0, 0.05) is 14.1 Å². The molecule has 0 atom stereocenters. The molecule has 1 aromatic rings. The number of thioether (sulfide) groups is 1. The molecule has 1 saturated carbocycles. The number of hydrogen-bond acceptors (Lipinski definition) is 5. The second-order valence-electron chi connectivity index (χ2n) is 3.71. The minimum atomic E-state index is 0.0744. The van der Waals surface area contributed by atoms with Crippen molar-refractivity contribution in [1.29, 1.82) is 0 Å². The van der Waals surface area contributed by atoms with Crippen molar-refractivity contribution in [1.82, 2.24) is 25.1 Å². The van der Waals surface area contributed by atoms with Crippen LogP contribution in [0.5, 0.6) is 0 Å². The summed E-state index contributed by atoms with van der Waals surface area (Å²) in [5, 5.41) is 12.2. The molecule has 0 bridgehead atoms. The van der Waals surface area contributed by atoms with E-state index in [-0.39, 0.29) is 5.91 Å². The van der Waals surface area contributed by atoms with Gasteiger partial charge in [0.05, 0.1) is 11.8 Å². The van der Waals surface area contributed by atoms with E-state index < -0.39 is 0 Å². The highest BCUT2D eigenvalue weighted by Gasteiger charge is 2.28. The minimum absolute atomic E-state index is 0.0744. The molecule has 82 valence electrons. The van der Waals surface area contributed by atoms with Crippen LogP contribution in [0.15, 0.2) is 5.16 Å². The zero-order valence-electron chi connectivity index (χ0n) is 8.75. The molecule has 0 aromatic carbocycles. The van der Waals surface area contributed by atoms with Crippen molar-refractivity contribution < 1.29 is 4.79 Å². The summed E-state index contributed by atoms with van der Waals surface area (Å²) in [6, 6.07) is 0.456. The monoisotopic (exact) mass is 227 g/mol. The molecule has 1 heterocycles. The Morgan fingerprint density at radius 2 is 2.33 bits per heavy atom. The summed E-state index contributed by atoms with van der Waals surface area (Å²) in [5.74, 6) is 0.463. The van der Waals surface area contributed by atoms with Crippen molar-refractivity contribution in [3.63, 3.8) is 0 Å². The summed E-state index contributed by atoms with van der Waals surface area (Å²) in [6.07, 6.45) is 2.28. The number of amides is 1. The summed E-state index contributed by atoms with van der Waals surface area (Å²) in [4.78, 5) is 12.9. The molecule has 1 amide bonds. The van der Waals surface area contributed by atoms with Gasteiger partial charge in [-0.3, -0.25) is 4.79 Å². The SMILES string of the molecule is CN(C)C(=O)CSc1nnnn1C1CC1. The van der Waals surface area contributed by atoms with Crippen molar-refractivity contribution in [3.05, 3.63) is 0 Å². The fourth-order valence-corrected chi connectivity index (χ4v) is 2.01. The van der Waals surface area contributed by atoms with Gasteiger partial charge in [-0.2, -0.15) is 0 Å². The zero-order valence-corrected chi connectivity index (χ0v) is 9.57. The normalized spacial score (nSPS) is 15.3. The average Bonchev–Trinajstić information content (AvgIpc) is 2.94. The number of tetrazole rings is 1. The quantitative estimate of drug-likeness (QED) is 0.687. The molecule has 1 aliphatic carbocycles. The lowest BCUT2D eigenvalue weighted by molar-refractivity contribution is -0.125. The van der Waals surface area contributed by atoms with E-state index in [4.69, 9.17) is 0 Å². The Morgan fingerprint density at radius 1 is 1.60 bits per heavy atom. The predicted molar refractivity (Wildman–Crippen MR) is 55.5 cm³/mol. The highest BCUT2D eigenvalue weighted by molar-refractivity contribution is 7.99. The standard InChI is InChI=1S/C8H13N5OS/c1-12(2)7(14)5-15-8-9-10-11-13(8)6-3-4-6/h6H,3-5H2,1-2H3. The molecule has 0 unspecified atom stereocenters. The number of hydrogen-bond donors (Lipinski definition) is 0. The van der Waals surface area contributed by atoms with Gasteiger partial charge in [0.1, 0.15) is 0 Å². The molecule has 1 aromatic heterocycles. The first-order chi connectivity index (χ1) is 7.18. The lowest BCUT2D eigenvalue weighted by atomic mass is 10.6. The number of carbonyl (C=O) groups is 1. The van der Waals surface area contributed by atoms with E-state index >= 15 is 0 Å². The summed E-state index contributed by atoms with van der Waals surface area (Å²) < 4.78 is 1.81. The maximum atomic E-state index is 11.4. The van der Waals surface area contributed by atoms with E-state index in [0.29, 0.717) is 11.8 Å². The third kappa shape index (κ3) is 2.47. The van der Waals surface area contributed by atoms with Crippen LogP contribution in [0.3, 0.4) is 0 Å². The van der Waals surface area contributed by atoms with Crippen LogP contribution in [0.25, 0.3) is 0 Å². The van der Waals surface area contributed by atoms with Crippen LogP contribution in [0.4, 0.5) is 0 Å². The van der Waals surface area contributed by atoms with Gasteiger partial charge in [-0.05, 0) is 23.3 Å². The molecule has 0 spiro atoms. The van der Waals surface area contributed by atoms with Crippen LogP contribution in [0.1, 0.15) is 18.9 Å². The van der Waals surface area contributed by atoms with Gasteiger partial charge < -0.3 is 4.90 Å². The molecule has 7 heteroatoms. The number of aromatic nitrogens is 4. The van der Waals surface area contributed by atoms with Gasteiger partial charge in [-0.15, -0.1) is 5.10 Å². The summed E-state index contributed by atoms with van der Waals surface area (Å²) in [6.45, 7) is 0. The van der Waals surface area contributed by atoms with E-state index in [0.717, 1.165) is 18.0 Å². The van der Waals surface area contributed by atoms with Crippen molar-refractivity contribution >= 4 is 17.7 Å². The van der Waals surface area contributed by atoms with E-state index in [1.807, 2.05) is 4.68 Å². The third-order valence-corrected chi connectivity index (χ3v) is 3.10.